The molecule has 0 saturated carbocycles. The molecule has 1 aliphatic rings. The minimum absolute atomic E-state index is 0.139. The Kier molecular flexibility index (Phi) is 2.07. The number of carbonyl (C=O) groups is 1. The van der Waals surface area contributed by atoms with Gasteiger partial charge >= 0.3 is 0 Å². The second-order valence-electron chi connectivity index (χ2n) is 3.18. The molecule has 0 bridgehead atoms. The number of hydrogen-bond donors (Lipinski definition) is 0. The van der Waals surface area contributed by atoms with Gasteiger partial charge in [-0.2, -0.15) is 0 Å². The molecule has 1 amide bonds. The summed E-state index contributed by atoms with van der Waals surface area (Å²) in [4.78, 5) is 13.1. The lowest BCUT2D eigenvalue weighted by Crippen LogP contribution is -2.56. The summed E-state index contributed by atoms with van der Waals surface area (Å²) in [6, 6.07) is 6.12. The van der Waals surface area contributed by atoms with Crippen molar-refractivity contribution in [3.05, 3.63) is 30.1 Å². The molecule has 0 aromatic heterocycles. The molecule has 0 aliphatic carbocycles. The number of hydrogen-bond acceptors (Lipinski definition) is 2. The van der Waals surface area contributed by atoms with Crippen molar-refractivity contribution in [1.82, 2.24) is 0 Å². The van der Waals surface area contributed by atoms with Crippen LogP contribution in [-0.2, 0) is 4.79 Å². The van der Waals surface area contributed by atoms with Gasteiger partial charge in [0.15, 0.2) is 0 Å². The Balaban J connectivity index is 2.38. The molecule has 1 aliphatic heterocycles. The van der Waals surface area contributed by atoms with Gasteiger partial charge in [0.25, 0.3) is 0 Å². The zero-order valence-electron chi connectivity index (χ0n) is 7.53. The largest absolute Gasteiger partial charge is 0.273 e. The van der Waals surface area contributed by atoms with Crippen LogP contribution in [-0.4, -0.2) is 10.9 Å². The second-order valence-corrected chi connectivity index (χ2v) is 3.60. The number of nitrogens with zero attached hydrogens (tertiary/aromatic N) is 1. The van der Waals surface area contributed by atoms with E-state index in [-0.39, 0.29) is 17.5 Å². The Morgan fingerprint density at radius 1 is 1.43 bits per heavy atom. The summed E-state index contributed by atoms with van der Waals surface area (Å²) >= 11 is 4.98. The molecule has 1 atom stereocenters. The number of para-hydroxylation sites is 1. The minimum Gasteiger partial charge on any atom is -0.273 e. The van der Waals surface area contributed by atoms with Gasteiger partial charge in [-0.15, -0.1) is 0 Å². The van der Waals surface area contributed by atoms with Crippen LogP contribution in [0, 0.1) is 11.7 Å². The summed E-state index contributed by atoms with van der Waals surface area (Å²) in [5.41, 5.74) is 0.251. The van der Waals surface area contributed by atoms with E-state index in [2.05, 4.69) is 0 Å². The van der Waals surface area contributed by atoms with Gasteiger partial charge in [0.2, 0.25) is 5.91 Å². The van der Waals surface area contributed by atoms with Crippen LogP contribution in [0.2, 0.25) is 0 Å². The molecule has 72 valence electrons. The standard InChI is InChI=1S/C10H8FNOS/c1-6-9(13)12(10(6)14)8-5-3-2-4-7(8)11/h2-6H,1H3. The van der Waals surface area contributed by atoms with E-state index >= 15 is 0 Å². The number of amides is 1. The van der Waals surface area contributed by atoms with E-state index in [0.717, 1.165) is 0 Å². The highest BCUT2D eigenvalue weighted by Crippen LogP contribution is 2.30. The summed E-state index contributed by atoms with van der Waals surface area (Å²) in [5.74, 6) is -0.820. The number of β-lactam (4-membered cyclic amide) rings is 1. The maximum atomic E-state index is 13.3. The van der Waals surface area contributed by atoms with E-state index in [1.165, 1.54) is 11.0 Å². The van der Waals surface area contributed by atoms with Gasteiger partial charge in [0.1, 0.15) is 10.8 Å². The van der Waals surface area contributed by atoms with Crippen molar-refractivity contribution in [3.8, 4) is 0 Å². The third kappa shape index (κ3) is 1.14. The number of thiocarbonyl (C=S) groups is 1. The zero-order valence-corrected chi connectivity index (χ0v) is 8.34. The molecule has 1 saturated heterocycles. The van der Waals surface area contributed by atoms with E-state index in [4.69, 9.17) is 12.2 Å². The number of anilines is 1. The van der Waals surface area contributed by atoms with Crippen LogP contribution in [0.1, 0.15) is 6.92 Å². The van der Waals surface area contributed by atoms with Gasteiger partial charge in [0, 0.05) is 0 Å². The molecule has 4 heteroatoms. The third-order valence-electron chi connectivity index (χ3n) is 2.27. The van der Waals surface area contributed by atoms with Crippen LogP contribution in [0.3, 0.4) is 0 Å². The van der Waals surface area contributed by atoms with Gasteiger partial charge in [-0.1, -0.05) is 24.4 Å². The Hall–Kier alpha value is -1.29. The van der Waals surface area contributed by atoms with Gasteiger partial charge < -0.3 is 0 Å². The molecular formula is C10H8FNOS. The summed E-state index contributed by atoms with van der Waals surface area (Å²) in [7, 11) is 0. The van der Waals surface area contributed by atoms with Crippen LogP contribution >= 0.6 is 12.2 Å². The molecule has 1 heterocycles. The summed E-state index contributed by atoms with van der Waals surface area (Å²) in [6.45, 7) is 1.72. The van der Waals surface area contributed by atoms with Crippen molar-refractivity contribution in [2.45, 2.75) is 6.92 Å². The molecule has 0 radical (unpaired) electrons. The fourth-order valence-corrected chi connectivity index (χ4v) is 1.70. The van der Waals surface area contributed by atoms with Crippen LogP contribution in [0.5, 0.6) is 0 Å². The fourth-order valence-electron chi connectivity index (χ4n) is 1.41. The Bertz CT molecular complexity index is 402. The van der Waals surface area contributed by atoms with Crippen molar-refractivity contribution in [1.29, 1.82) is 0 Å². The van der Waals surface area contributed by atoms with Gasteiger partial charge in [-0.05, 0) is 19.1 Å². The maximum absolute atomic E-state index is 13.3. The first-order valence-electron chi connectivity index (χ1n) is 4.25. The molecule has 2 rings (SSSR count). The normalized spacial score (nSPS) is 21.0. The van der Waals surface area contributed by atoms with E-state index in [1.807, 2.05) is 0 Å². The number of rotatable bonds is 1. The topological polar surface area (TPSA) is 20.3 Å². The lowest BCUT2D eigenvalue weighted by Gasteiger charge is -2.37. The van der Waals surface area contributed by atoms with Crippen molar-refractivity contribution in [2.24, 2.45) is 5.92 Å². The van der Waals surface area contributed by atoms with E-state index in [0.29, 0.717) is 4.99 Å². The first-order valence-corrected chi connectivity index (χ1v) is 4.66. The van der Waals surface area contributed by atoms with E-state index in [1.54, 1.807) is 25.1 Å². The van der Waals surface area contributed by atoms with Crippen molar-refractivity contribution >= 4 is 28.8 Å². The van der Waals surface area contributed by atoms with Crippen LogP contribution in [0.25, 0.3) is 0 Å². The number of benzene rings is 1. The first kappa shape index (κ1) is 9.27. The van der Waals surface area contributed by atoms with Crippen molar-refractivity contribution < 1.29 is 9.18 Å². The molecular weight excluding hydrogens is 201 g/mol. The molecule has 0 N–H and O–H groups in total. The number of carbonyl (C=O) groups excluding carboxylic acids is 1. The molecule has 1 unspecified atom stereocenters. The summed E-state index contributed by atoms with van der Waals surface area (Å²) < 4.78 is 13.3. The Morgan fingerprint density at radius 3 is 2.64 bits per heavy atom. The molecule has 1 aromatic carbocycles. The smallest absolute Gasteiger partial charge is 0.241 e. The van der Waals surface area contributed by atoms with E-state index in [9.17, 15) is 9.18 Å². The predicted molar refractivity (Wildman–Crippen MR) is 55.6 cm³/mol. The lowest BCUT2D eigenvalue weighted by molar-refractivity contribution is -0.121. The van der Waals surface area contributed by atoms with Crippen molar-refractivity contribution in [3.63, 3.8) is 0 Å². The maximum Gasteiger partial charge on any atom is 0.241 e. The lowest BCUT2D eigenvalue weighted by atomic mass is 10.00. The highest BCUT2D eigenvalue weighted by Gasteiger charge is 2.41. The third-order valence-corrected chi connectivity index (χ3v) is 2.81. The van der Waals surface area contributed by atoms with Crippen molar-refractivity contribution in [2.75, 3.05) is 4.90 Å². The van der Waals surface area contributed by atoms with Gasteiger partial charge in [-0.25, -0.2) is 4.39 Å². The van der Waals surface area contributed by atoms with Crippen LogP contribution < -0.4 is 4.90 Å². The zero-order chi connectivity index (χ0) is 10.3. The highest BCUT2D eigenvalue weighted by atomic mass is 32.1. The molecule has 0 spiro atoms. The van der Waals surface area contributed by atoms with E-state index < -0.39 is 5.82 Å². The summed E-state index contributed by atoms with van der Waals surface area (Å²) in [6.07, 6.45) is 0. The fraction of sp³-hybridized carbons (Fsp3) is 0.200. The summed E-state index contributed by atoms with van der Waals surface area (Å²) in [5, 5.41) is 0. The molecule has 1 aromatic rings. The second kappa shape index (κ2) is 3.13. The first-order chi connectivity index (χ1) is 6.63. The number of halogens is 1. The predicted octanol–water partition coefficient (Wildman–Crippen LogP) is 2.14. The Labute approximate surface area is 86.3 Å². The van der Waals surface area contributed by atoms with Crippen LogP contribution in [0.4, 0.5) is 10.1 Å². The molecule has 14 heavy (non-hydrogen) atoms. The Morgan fingerprint density at radius 2 is 2.07 bits per heavy atom. The average molecular weight is 209 g/mol. The quantitative estimate of drug-likeness (QED) is 0.521. The van der Waals surface area contributed by atoms with Gasteiger partial charge in [-0.3, -0.25) is 9.69 Å². The van der Waals surface area contributed by atoms with Gasteiger partial charge in [0.05, 0.1) is 11.6 Å². The highest BCUT2D eigenvalue weighted by molar-refractivity contribution is 7.81. The SMILES string of the molecule is CC1C(=O)N(c2ccccc2F)C1=S. The molecule has 1 fully saturated rings. The minimum atomic E-state index is -0.421. The monoisotopic (exact) mass is 209 g/mol. The average Bonchev–Trinajstić information content (AvgIpc) is 2.21. The molecule has 2 nitrogen and oxygen atoms in total. The van der Waals surface area contributed by atoms with Crippen LogP contribution in [0.15, 0.2) is 24.3 Å².